The Labute approximate surface area is 220 Å². The third-order valence-corrected chi connectivity index (χ3v) is 11.3. The molecule has 1 aromatic heterocycles. The highest BCUT2D eigenvalue weighted by Gasteiger charge is 2.82. The molecule has 38 heavy (non-hydrogen) atoms. The molecule has 3 heterocycles. The lowest BCUT2D eigenvalue weighted by Crippen LogP contribution is -2.78. The molecule has 204 valence electrons. The van der Waals surface area contributed by atoms with Crippen LogP contribution in [0.25, 0.3) is 16.3 Å². The van der Waals surface area contributed by atoms with Gasteiger partial charge in [-0.05, 0) is 86.0 Å². The number of nitrogens with zero attached hydrogens (tertiary/aromatic N) is 1. The zero-order chi connectivity index (χ0) is 26.9. The fraction of sp³-hybridized carbons (Fsp3) is 0.633. The van der Waals surface area contributed by atoms with Crippen LogP contribution < -0.4 is 5.56 Å². The fourth-order valence-electron chi connectivity index (χ4n) is 9.30. The first kappa shape index (κ1) is 24.9. The molecule has 4 fully saturated rings. The van der Waals surface area contributed by atoms with Crippen molar-refractivity contribution < 1.29 is 23.7 Å². The van der Waals surface area contributed by atoms with E-state index in [-0.39, 0.29) is 29.7 Å². The average molecular weight is 527 g/mol. The first-order chi connectivity index (χ1) is 17.9. The molecule has 3 aliphatic carbocycles. The van der Waals surface area contributed by atoms with Crippen molar-refractivity contribution in [1.29, 1.82) is 0 Å². The second-order valence-corrected chi connectivity index (χ2v) is 13.1. The molecule has 7 rings (SSSR count). The summed E-state index contributed by atoms with van der Waals surface area (Å²) in [5.41, 5.74) is -5.15. The number of rotatable bonds is 2. The Morgan fingerprint density at radius 3 is 2.63 bits per heavy atom. The van der Waals surface area contributed by atoms with Gasteiger partial charge in [-0.2, -0.15) is 0 Å². The highest BCUT2D eigenvalue weighted by atomic mass is 19.2. The molecule has 2 aliphatic heterocycles. The topological polar surface area (TPSA) is 85.8 Å². The molecule has 2 saturated heterocycles. The quantitative estimate of drug-likeness (QED) is 0.553. The molecule has 1 aromatic carbocycles. The summed E-state index contributed by atoms with van der Waals surface area (Å²) in [6, 6.07) is 7.19. The van der Waals surface area contributed by atoms with Gasteiger partial charge in [0.1, 0.15) is 23.0 Å². The van der Waals surface area contributed by atoms with Gasteiger partial charge in [-0.25, -0.2) is 8.78 Å². The Morgan fingerprint density at radius 2 is 1.87 bits per heavy atom. The van der Waals surface area contributed by atoms with Crippen molar-refractivity contribution in [2.75, 3.05) is 14.1 Å². The molecule has 0 amide bonds. The maximum Gasteiger partial charge on any atom is 0.248 e. The van der Waals surface area contributed by atoms with Crippen molar-refractivity contribution in [2.24, 2.45) is 11.3 Å². The monoisotopic (exact) mass is 526 g/mol. The van der Waals surface area contributed by atoms with Gasteiger partial charge in [-0.15, -0.1) is 0 Å². The Kier molecular flexibility index (Phi) is 4.93. The van der Waals surface area contributed by atoms with E-state index in [0.717, 1.165) is 21.9 Å². The number of fused-ring (bicyclic) bond motifs is 2. The molecule has 5 aliphatic rings. The number of pyridine rings is 1. The smallest absolute Gasteiger partial charge is 0.248 e. The van der Waals surface area contributed by atoms with Crippen LogP contribution in [0.15, 0.2) is 41.3 Å². The van der Waals surface area contributed by atoms with Gasteiger partial charge in [0.25, 0.3) is 0 Å². The number of hydrogen-bond donors (Lipinski definition) is 3. The summed E-state index contributed by atoms with van der Waals surface area (Å²) < 4.78 is 41.0. The van der Waals surface area contributed by atoms with Gasteiger partial charge in [-0.1, -0.05) is 25.1 Å². The molecule has 0 radical (unpaired) electrons. The summed E-state index contributed by atoms with van der Waals surface area (Å²) in [5.74, 6) is -0.177. The third kappa shape index (κ3) is 2.82. The van der Waals surface area contributed by atoms with Gasteiger partial charge in [0.05, 0.1) is 6.10 Å². The zero-order valence-electron chi connectivity index (χ0n) is 22.1. The summed E-state index contributed by atoms with van der Waals surface area (Å²) in [5, 5.41) is 23.7. The van der Waals surface area contributed by atoms with Crippen LogP contribution in [-0.4, -0.2) is 75.0 Å². The van der Waals surface area contributed by atoms with Gasteiger partial charge in [0.2, 0.25) is 5.56 Å². The van der Waals surface area contributed by atoms with E-state index in [4.69, 9.17) is 4.74 Å². The predicted octanol–water partition coefficient (Wildman–Crippen LogP) is 3.90. The van der Waals surface area contributed by atoms with Gasteiger partial charge >= 0.3 is 0 Å². The number of allylic oxidation sites excluding steroid dienone is 2. The number of aliphatic hydroxyl groups excluding tert-OH is 2. The molecule has 2 saturated carbocycles. The van der Waals surface area contributed by atoms with Crippen molar-refractivity contribution in [2.45, 2.75) is 92.7 Å². The zero-order valence-corrected chi connectivity index (χ0v) is 22.1. The molecule has 8 heteroatoms. The van der Waals surface area contributed by atoms with Crippen LogP contribution in [0, 0.1) is 11.3 Å². The standard InChI is InChI=1S/C30H36F2N2O4/c1-26-8-9-27(31)16-29(32)25(37)24(36)21(34(2)3)14-28(29)10-11-30(27,38-28)22(26)7-6-20(26)17-4-5-18-15-33-23(35)13-19(18)12-17/h4-6,12-13,15,21-22,24-25,36-37H,7-11,14,16H2,1-3H3,(H,33,35). The van der Waals surface area contributed by atoms with E-state index in [1.807, 2.05) is 12.1 Å². The first-order valence-electron chi connectivity index (χ1n) is 13.8. The third-order valence-electron chi connectivity index (χ3n) is 11.3. The largest absolute Gasteiger partial charge is 0.389 e. The van der Waals surface area contributed by atoms with Crippen LogP contribution in [0.5, 0.6) is 0 Å². The molecule has 2 bridgehead atoms. The lowest BCUT2D eigenvalue weighted by Gasteiger charge is -2.65. The van der Waals surface area contributed by atoms with Crippen molar-refractivity contribution >= 4 is 16.3 Å². The minimum atomic E-state index is -2.35. The number of likely N-dealkylation sites (N-methyl/N-ethyl adjacent to an activating group) is 1. The molecule has 2 spiro atoms. The van der Waals surface area contributed by atoms with Crippen LogP contribution in [-0.2, 0) is 4.74 Å². The summed E-state index contributed by atoms with van der Waals surface area (Å²) >= 11 is 0. The Hall–Kier alpha value is -2.13. The Bertz CT molecular complexity index is 1430. The number of ether oxygens (including phenoxy) is 1. The Balaban J connectivity index is 1.29. The first-order valence-corrected chi connectivity index (χ1v) is 13.8. The van der Waals surface area contributed by atoms with E-state index in [0.29, 0.717) is 25.7 Å². The van der Waals surface area contributed by atoms with E-state index < -0.39 is 47.2 Å². The van der Waals surface area contributed by atoms with Gasteiger partial charge < -0.3 is 24.8 Å². The number of hydrogen-bond acceptors (Lipinski definition) is 5. The number of halogens is 2. The van der Waals surface area contributed by atoms with Crippen molar-refractivity contribution in [3.8, 4) is 0 Å². The number of alkyl halides is 2. The predicted molar refractivity (Wildman–Crippen MR) is 140 cm³/mol. The SMILES string of the molecule is CN(C)C1CC23CCC4(O2)C2CC=C(c5ccc6c[nH]c(=O)cc6c5)C2(C)CCC4(F)CC3(F)C(O)C1O. The van der Waals surface area contributed by atoms with E-state index in [2.05, 4.69) is 24.1 Å². The lowest BCUT2D eigenvalue weighted by molar-refractivity contribution is -0.347. The minimum Gasteiger partial charge on any atom is -0.389 e. The van der Waals surface area contributed by atoms with Crippen LogP contribution in [0.4, 0.5) is 8.78 Å². The maximum absolute atomic E-state index is 17.2. The highest BCUT2D eigenvalue weighted by molar-refractivity contribution is 5.87. The Morgan fingerprint density at radius 1 is 1.08 bits per heavy atom. The number of aromatic amines is 1. The normalized spacial score (nSPS) is 47.5. The molecular weight excluding hydrogens is 490 g/mol. The number of H-pyrrole nitrogens is 1. The van der Waals surface area contributed by atoms with E-state index >= 15 is 8.78 Å². The lowest BCUT2D eigenvalue weighted by atomic mass is 9.51. The number of aromatic nitrogens is 1. The van der Waals surface area contributed by atoms with Gasteiger partial charge in [0.15, 0.2) is 5.67 Å². The van der Waals surface area contributed by atoms with Crippen molar-refractivity contribution in [3.05, 3.63) is 52.5 Å². The number of benzene rings is 1. The number of aliphatic hydroxyl groups is 2. The molecule has 3 N–H and O–H groups in total. The number of nitrogens with one attached hydrogen (secondary N) is 1. The van der Waals surface area contributed by atoms with Gasteiger partial charge in [0, 0.05) is 30.6 Å². The second-order valence-electron chi connectivity index (χ2n) is 13.1. The van der Waals surface area contributed by atoms with Crippen LogP contribution in [0.1, 0.15) is 57.4 Å². The molecule has 9 unspecified atom stereocenters. The highest BCUT2D eigenvalue weighted by Crippen LogP contribution is 2.74. The molecule has 6 nitrogen and oxygen atoms in total. The van der Waals surface area contributed by atoms with Crippen LogP contribution in [0.2, 0.25) is 0 Å². The average Bonchev–Trinajstić information content (AvgIpc) is 3.42. The van der Waals surface area contributed by atoms with E-state index in [1.54, 1.807) is 31.3 Å². The summed E-state index contributed by atoms with van der Waals surface area (Å²) in [6.07, 6.45) is 2.65. The van der Waals surface area contributed by atoms with E-state index in [9.17, 15) is 15.0 Å². The van der Waals surface area contributed by atoms with E-state index in [1.165, 1.54) is 0 Å². The molecule has 9 atom stereocenters. The van der Waals surface area contributed by atoms with Gasteiger partial charge in [-0.3, -0.25) is 4.79 Å². The van der Waals surface area contributed by atoms with Crippen molar-refractivity contribution in [3.63, 3.8) is 0 Å². The summed E-state index contributed by atoms with van der Waals surface area (Å²) in [4.78, 5) is 16.5. The van der Waals surface area contributed by atoms with Crippen molar-refractivity contribution in [1.82, 2.24) is 9.88 Å². The van der Waals surface area contributed by atoms with Crippen LogP contribution >= 0.6 is 0 Å². The molecular formula is C30H36F2N2O4. The minimum absolute atomic E-state index is 0.131. The van der Waals surface area contributed by atoms with Crippen LogP contribution in [0.3, 0.4) is 0 Å². The molecule has 2 aromatic rings. The maximum atomic E-state index is 17.2. The summed E-state index contributed by atoms with van der Waals surface area (Å²) in [7, 11) is 3.61. The summed E-state index contributed by atoms with van der Waals surface area (Å²) in [6.45, 7) is 2.18. The fourth-order valence-corrected chi connectivity index (χ4v) is 9.30. The second kappa shape index (κ2) is 7.53.